The molecule has 1 rings (SSSR count). The monoisotopic (exact) mass is 153 g/mol. The van der Waals surface area contributed by atoms with Crippen molar-refractivity contribution in [1.29, 1.82) is 5.26 Å². The van der Waals surface area contributed by atoms with Crippen LogP contribution in [-0.4, -0.2) is 13.2 Å². The SMILES string of the molecule is CCCOCC1(C#N)CCC1. The van der Waals surface area contributed by atoms with Crippen molar-refractivity contribution in [3.8, 4) is 6.07 Å². The van der Waals surface area contributed by atoms with Gasteiger partial charge in [0.2, 0.25) is 0 Å². The Morgan fingerprint density at radius 2 is 2.27 bits per heavy atom. The smallest absolute Gasteiger partial charge is 0.0807 e. The van der Waals surface area contributed by atoms with Crippen molar-refractivity contribution in [2.24, 2.45) is 5.41 Å². The Kier molecular flexibility index (Phi) is 2.90. The summed E-state index contributed by atoms with van der Waals surface area (Å²) < 4.78 is 5.36. The predicted molar refractivity (Wildman–Crippen MR) is 43.0 cm³/mol. The van der Waals surface area contributed by atoms with Gasteiger partial charge in [-0.05, 0) is 19.3 Å². The largest absolute Gasteiger partial charge is 0.380 e. The molecule has 0 aromatic carbocycles. The van der Waals surface area contributed by atoms with Gasteiger partial charge in [-0.2, -0.15) is 5.26 Å². The van der Waals surface area contributed by atoms with Gasteiger partial charge in [0.05, 0.1) is 18.1 Å². The molecule has 0 amide bonds. The first-order chi connectivity index (χ1) is 5.33. The van der Waals surface area contributed by atoms with Gasteiger partial charge in [0, 0.05) is 6.61 Å². The maximum absolute atomic E-state index is 8.81. The molecule has 0 N–H and O–H groups in total. The van der Waals surface area contributed by atoms with Gasteiger partial charge in [-0.25, -0.2) is 0 Å². The minimum atomic E-state index is -0.102. The Hall–Kier alpha value is -0.550. The van der Waals surface area contributed by atoms with Crippen molar-refractivity contribution in [3.63, 3.8) is 0 Å². The first kappa shape index (κ1) is 8.55. The number of ether oxygens (including phenoxy) is 1. The molecule has 0 aromatic rings. The van der Waals surface area contributed by atoms with Gasteiger partial charge < -0.3 is 4.74 Å². The van der Waals surface area contributed by atoms with Crippen LogP contribution in [0, 0.1) is 16.7 Å². The highest BCUT2D eigenvalue weighted by Crippen LogP contribution is 2.40. The minimum Gasteiger partial charge on any atom is -0.380 e. The van der Waals surface area contributed by atoms with Gasteiger partial charge in [-0.3, -0.25) is 0 Å². The summed E-state index contributed by atoms with van der Waals surface area (Å²) in [4.78, 5) is 0. The van der Waals surface area contributed by atoms with Crippen LogP contribution in [0.2, 0.25) is 0 Å². The Labute approximate surface area is 68.2 Å². The topological polar surface area (TPSA) is 33.0 Å². The molecule has 0 saturated heterocycles. The third-order valence-electron chi connectivity index (χ3n) is 2.27. The third-order valence-corrected chi connectivity index (χ3v) is 2.27. The summed E-state index contributed by atoms with van der Waals surface area (Å²) in [5.41, 5.74) is -0.102. The molecule has 0 unspecified atom stereocenters. The van der Waals surface area contributed by atoms with Crippen molar-refractivity contribution in [1.82, 2.24) is 0 Å². The van der Waals surface area contributed by atoms with Gasteiger partial charge in [0.25, 0.3) is 0 Å². The van der Waals surface area contributed by atoms with Crippen LogP contribution in [0.4, 0.5) is 0 Å². The average Bonchev–Trinajstić information content (AvgIpc) is 1.95. The summed E-state index contributed by atoms with van der Waals surface area (Å²) in [6, 6.07) is 2.35. The normalized spacial score (nSPS) is 20.4. The zero-order chi connectivity index (χ0) is 8.16. The number of nitriles is 1. The molecule has 62 valence electrons. The summed E-state index contributed by atoms with van der Waals surface area (Å²) in [5.74, 6) is 0. The van der Waals surface area contributed by atoms with Crippen molar-refractivity contribution in [3.05, 3.63) is 0 Å². The van der Waals surface area contributed by atoms with Gasteiger partial charge in [0.15, 0.2) is 0 Å². The zero-order valence-corrected chi connectivity index (χ0v) is 7.10. The fourth-order valence-electron chi connectivity index (χ4n) is 1.30. The van der Waals surface area contributed by atoms with E-state index in [1.165, 1.54) is 6.42 Å². The van der Waals surface area contributed by atoms with E-state index in [9.17, 15) is 0 Å². The van der Waals surface area contributed by atoms with Crippen LogP contribution in [0.15, 0.2) is 0 Å². The van der Waals surface area contributed by atoms with Crippen molar-refractivity contribution in [2.45, 2.75) is 32.6 Å². The van der Waals surface area contributed by atoms with E-state index in [1.54, 1.807) is 0 Å². The molecule has 1 aliphatic carbocycles. The van der Waals surface area contributed by atoms with Crippen LogP contribution in [0.25, 0.3) is 0 Å². The summed E-state index contributed by atoms with van der Waals surface area (Å²) in [5, 5.41) is 8.81. The highest BCUT2D eigenvalue weighted by atomic mass is 16.5. The van der Waals surface area contributed by atoms with Crippen LogP contribution < -0.4 is 0 Å². The zero-order valence-electron chi connectivity index (χ0n) is 7.10. The van der Waals surface area contributed by atoms with E-state index in [1.807, 2.05) is 0 Å². The van der Waals surface area contributed by atoms with Crippen molar-refractivity contribution >= 4 is 0 Å². The Bertz CT molecular complexity index is 155. The summed E-state index contributed by atoms with van der Waals surface area (Å²) in [6.45, 7) is 3.53. The maximum atomic E-state index is 8.81. The number of nitrogens with zero attached hydrogens (tertiary/aromatic N) is 1. The van der Waals surface area contributed by atoms with Crippen LogP contribution in [0.3, 0.4) is 0 Å². The van der Waals surface area contributed by atoms with E-state index < -0.39 is 0 Å². The molecule has 2 nitrogen and oxygen atoms in total. The molecule has 0 spiro atoms. The first-order valence-electron chi connectivity index (χ1n) is 4.32. The molecule has 1 fully saturated rings. The van der Waals surface area contributed by atoms with Crippen LogP contribution in [-0.2, 0) is 4.74 Å². The van der Waals surface area contributed by atoms with Gasteiger partial charge in [0.1, 0.15) is 0 Å². The molecule has 11 heavy (non-hydrogen) atoms. The highest BCUT2D eigenvalue weighted by Gasteiger charge is 2.37. The molecular formula is C9H15NO. The molecule has 0 bridgehead atoms. The second-order valence-electron chi connectivity index (χ2n) is 3.30. The van der Waals surface area contributed by atoms with E-state index in [4.69, 9.17) is 10.00 Å². The second kappa shape index (κ2) is 3.73. The maximum Gasteiger partial charge on any atom is 0.0807 e. The highest BCUT2D eigenvalue weighted by molar-refractivity contribution is 5.04. The molecule has 0 radical (unpaired) electrons. The van der Waals surface area contributed by atoms with Crippen molar-refractivity contribution in [2.75, 3.05) is 13.2 Å². The Balaban J connectivity index is 2.18. The molecule has 1 saturated carbocycles. The fraction of sp³-hybridized carbons (Fsp3) is 0.889. The van der Waals surface area contributed by atoms with E-state index in [-0.39, 0.29) is 5.41 Å². The van der Waals surface area contributed by atoms with Gasteiger partial charge in [-0.1, -0.05) is 13.3 Å². The lowest BCUT2D eigenvalue weighted by Gasteiger charge is -2.34. The molecule has 0 atom stereocenters. The quantitative estimate of drug-likeness (QED) is 0.579. The number of rotatable bonds is 4. The average molecular weight is 153 g/mol. The van der Waals surface area contributed by atoms with Gasteiger partial charge in [-0.15, -0.1) is 0 Å². The van der Waals surface area contributed by atoms with Crippen LogP contribution >= 0.6 is 0 Å². The Morgan fingerprint density at radius 3 is 2.64 bits per heavy atom. The molecule has 0 aliphatic heterocycles. The molecular weight excluding hydrogens is 138 g/mol. The first-order valence-corrected chi connectivity index (χ1v) is 4.32. The van der Waals surface area contributed by atoms with Crippen molar-refractivity contribution < 1.29 is 4.74 Å². The molecule has 0 aromatic heterocycles. The fourth-order valence-corrected chi connectivity index (χ4v) is 1.30. The number of hydrogen-bond acceptors (Lipinski definition) is 2. The lowest BCUT2D eigenvalue weighted by atomic mass is 9.71. The van der Waals surface area contributed by atoms with E-state index >= 15 is 0 Å². The van der Waals surface area contributed by atoms with E-state index in [0.717, 1.165) is 25.9 Å². The van der Waals surface area contributed by atoms with Gasteiger partial charge >= 0.3 is 0 Å². The molecule has 2 heteroatoms. The predicted octanol–water partition coefficient (Wildman–Crippen LogP) is 2.11. The van der Waals surface area contributed by atoms with Crippen LogP contribution in [0.5, 0.6) is 0 Å². The standard InChI is InChI=1S/C9H15NO/c1-2-6-11-8-9(7-10)4-3-5-9/h2-6,8H2,1H3. The van der Waals surface area contributed by atoms with E-state index in [0.29, 0.717) is 6.61 Å². The lowest BCUT2D eigenvalue weighted by molar-refractivity contribution is 0.0313. The molecule has 1 aliphatic rings. The summed E-state index contributed by atoms with van der Waals surface area (Å²) >= 11 is 0. The minimum absolute atomic E-state index is 0.102. The third kappa shape index (κ3) is 1.94. The van der Waals surface area contributed by atoms with E-state index in [2.05, 4.69) is 13.0 Å². The Morgan fingerprint density at radius 1 is 1.55 bits per heavy atom. The number of hydrogen-bond donors (Lipinski definition) is 0. The molecule has 0 heterocycles. The summed E-state index contributed by atoms with van der Waals surface area (Å²) in [6.07, 6.45) is 4.31. The van der Waals surface area contributed by atoms with Crippen LogP contribution in [0.1, 0.15) is 32.6 Å². The summed E-state index contributed by atoms with van der Waals surface area (Å²) in [7, 11) is 0. The lowest BCUT2D eigenvalue weighted by Crippen LogP contribution is -2.32. The second-order valence-corrected chi connectivity index (χ2v) is 3.30.